The zero-order valence-electron chi connectivity index (χ0n) is 12.0. The molecule has 1 N–H and O–H groups in total. The molecule has 2 aromatic rings. The molecule has 0 fully saturated rings. The Morgan fingerprint density at radius 1 is 1.15 bits per heavy atom. The van der Waals surface area contributed by atoms with Crippen LogP contribution in [0.2, 0.25) is 0 Å². The third-order valence-electron chi connectivity index (χ3n) is 3.14. The van der Waals surface area contributed by atoms with E-state index < -0.39 is 0 Å². The lowest BCUT2D eigenvalue weighted by Gasteiger charge is -2.08. The van der Waals surface area contributed by atoms with Gasteiger partial charge >= 0.3 is 0 Å². The Hall–Kier alpha value is -2.43. The second-order valence-electron chi connectivity index (χ2n) is 4.82. The number of hydrogen-bond acceptors (Lipinski definition) is 3. The van der Waals surface area contributed by atoms with Crippen LogP contribution in [0.1, 0.15) is 38.9 Å². The molecule has 0 aliphatic carbocycles. The molecule has 0 saturated carbocycles. The minimum absolute atomic E-state index is 0.185. The van der Waals surface area contributed by atoms with Crippen LogP contribution >= 0.6 is 0 Å². The van der Waals surface area contributed by atoms with E-state index in [0.717, 1.165) is 11.1 Å². The maximum atomic E-state index is 12.3. The average Bonchev–Trinajstić information content (AvgIpc) is 2.70. The summed E-state index contributed by atoms with van der Waals surface area (Å²) in [6.45, 7) is 6.98. The fraction of sp³-hybridized carbons (Fsp3) is 0.267. The number of anilines is 1. The third-order valence-corrected chi connectivity index (χ3v) is 3.14. The number of benzene rings is 1. The normalized spacial score (nSPS) is 10.4. The van der Waals surface area contributed by atoms with Gasteiger partial charge in [0.05, 0.1) is 0 Å². The van der Waals surface area contributed by atoms with Gasteiger partial charge in [-0.25, -0.2) is 4.68 Å². The monoisotopic (exact) mass is 271 g/mol. The first-order chi connectivity index (χ1) is 9.40. The Bertz CT molecular complexity index is 666. The van der Waals surface area contributed by atoms with Crippen molar-refractivity contribution < 1.29 is 9.59 Å². The number of amides is 1. The fourth-order valence-corrected chi connectivity index (χ4v) is 2.21. The molecule has 5 nitrogen and oxygen atoms in total. The van der Waals surface area contributed by atoms with Crippen molar-refractivity contribution in [1.82, 2.24) is 9.78 Å². The van der Waals surface area contributed by atoms with Gasteiger partial charge in [0.2, 0.25) is 5.91 Å². The van der Waals surface area contributed by atoms with E-state index >= 15 is 0 Å². The van der Waals surface area contributed by atoms with Crippen LogP contribution in [0.15, 0.2) is 24.3 Å². The van der Waals surface area contributed by atoms with Crippen molar-refractivity contribution in [2.75, 3.05) is 5.32 Å². The SMILES string of the molecule is CC(=O)n1nc(NC(=O)c2c(C)cccc2C)cc1C. The van der Waals surface area contributed by atoms with Gasteiger partial charge in [0.25, 0.3) is 5.91 Å². The maximum absolute atomic E-state index is 12.3. The Labute approximate surface area is 117 Å². The number of nitrogens with zero attached hydrogens (tertiary/aromatic N) is 2. The summed E-state index contributed by atoms with van der Waals surface area (Å²) in [5, 5.41) is 6.80. The smallest absolute Gasteiger partial charge is 0.257 e. The highest BCUT2D eigenvalue weighted by Gasteiger charge is 2.14. The molecule has 1 amide bonds. The van der Waals surface area contributed by atoms with E-state index in [0.29, 0.717) is 17.1 Å². The lowest BCUT2D eigenvalue weighted by molar-refractivity contribution is 0.0917. The van der Waals surface area contributed by atoms with Gasteiger partial charge in [-0.2, -0.15) is 0 Å². The maximum Gasteiger partial charge on any atom is 0.257 e. The quantitative estimate of drug-likeness (QED) is 0.913. The highest BCUT2D eigenvalue weighted by atomic mass is 16.2. The largest absolute Gasteiger partial charge is 0.305 e. The Kier molecular flexibility index (Phi) is 3.70. The Balaban J connectivity index is 2.28. The molecule has 1 aromatic carbocycles. The van der Waals surface area contributed by atoms with E-state index in [4.69, 9.17) is 0 Å². The topological polar surface area (TPSA) is 64.0 Å². The number of carbonyl (C=O) groups excluding carboxylic acids is 2. The van der Waals surface area contributed by atoms with E-state index in [9.17, 15) is 9.59 Å². The third kappa shape index (κ3) is 2.61. The molecule has 0 aliphatic heterocycles. The van der Waals surface area contributed by atoms with Crippen LogP contribution in [0, 0.1) is 20.8 Å². The molecule has 0 spiro atoms. The van der Waals surface area contributed by atoms with Crippen LogP contribution in [0.3, 0.4) is 0 Å². The average molecular weight is 271 g/mol. The van der Waals surface area contributed by atoms with E-state index in [1.54, 1.807) is 13.0 Å². The molecule has 1 heterocycles. The van der Waals surface area contributed by atoms with Crippen molar-refractivity contribution in [2.45, 2.75) is 27.7 Å². The number of aromatic nitrogens is 2. The van der Waals surface area contributed by atoms with Gasteiger partial charge in [-0.15, -0.1) is 5.10 Å². The van der Waals surface area contributed by atoms with Gasteiger partial charge in [0.1, 0.15) is 0 Å². The van der Waals surface area contributed by atoms with Crippen LogP contribution in [0.5, 0.6) is 0 Å². The number of hydrogen-bond donors (Lipinski definition) is 1. The summed E-state index contributed by atoms with van der Waals surface area (Å²) in [5.41, 5.74) is 3.15. The minimum Gasteiger partial charge on any atom is -0.305 e. The van der Waals surface area contributed by atoms with Crippen LogP contribution in [-0.2, 0) is 0 Å². The van der Waals surface area contributed by atoms with E-state index in [-0.39, 0.29) is 11.8 Å². The number of nitrogens with one attached hydrogen (secondary N) is 1. The van der Waals surface area contributed by atoms with Gasteiger partial charge in [0, 0.05) is 24.2 Å². The summed E-state index contributed by atoms with van der Waals surface area (Å²) in [6, 6.07) is 7.37. The summed E-state index contributed by atoms with van der Waals surface area (Å²) in [5.74, 6) is -0.0192. The van der Waals surface area contributed by atoms with Crippen molar-refractivity contribution in [3.8, 4) is 0 Å². The summed E-state index contributed by atoms with van der Waals surface area (Å²) >= 11 is 0. The molecule has 0 unspecified atom stereocenters. The summed E-state index contributed by atoms with van der Waals surface area (Å²) in [6.07, 6.45) is 0. The first kappa shape index (κ1) is 14.0. The molecule has 0 bridgehead atoms. The predicted molar refractivity (Wildman–Crippen MR) is 77.1 cm³/mol. The second kappa shape index (κ2) is 5.28. The lowest BCUT2D eigenvalue weighted by Crippen LogP contribution is -2.16. The van der Waals surface area contributed by atoms with E-state index in [1.165, 1.54) is 11.6 Å². The molecule has 104 valence electrons. The molecule has 20 heavy (non-hydrogen) atoms. The van der Waals surface area contributed by atoms with Gasteiger partial charge < -0.3 is 5.32 Å². The van der Waals surface area contributed by atoms with Gasteiger partial charge in [-0.1, -0.05) is 18.2 Å². The number of carbonyl (C=O) groups is 2. The number of aryl methyl sites for hydroxylation is 3. The van der Waals surface area contributed by atoms with Crippen LogP contribution in [0.25, 0.3) is 0 Å². The van der Waals surface area contributed by atoms with Crippen LogP contribution in [-0.4, -0.2) is 21.6 Å². The minimum atomic E-state index is -0.214. The van der Waals surface area contributed by atoms with Crippen molar-refractivity contribution in [3.63, 3.8) is 0 Å². The van der Waals surface area contributed by atoms with Crippen molar-refractivity contribution >= 4 is 17.6 Å². The highest BCUT2D eigenvalue weighted by molar-refractivity contribution is 6.05. The first-order valence-electron chi connectivity index (χ1n) is 6.35. The molecule has 5 heteroatoms. The lowest BCUT2D eigenvalue weighted by atomic mass is 10.0. The van der Waals surface area contributed by atoms with Crippen molar-refractivity contribution in [2.24, 2.45) is 0 Å². The Morgan fingerprint density at radius 2 is 1.75 bits per heavy atom. The van der Waals surface area contributed by atoms with Crippen LogP contribution in [0.4, 0.5) is 5.82 Å². The zero-order chi connectivity index (χ0) is 14.9. The molecular formula is C15H17N3O2. The molecule has 0 radical (unpaired) electrons. The molecule has 1 aromatic heterocycles. The van der Waals surface area contributed by atoms with Crippen molar-refractivity contribution in [1.29, 1.82) is 0 Å². The summed E-state index contributed by atoms with van der Waals surface area (Å²) in [4.78, 5) is 23.6. The van der Waals surface area contributed by atoms with Gasteiger partial charge in [0.15, 0.2) is 5.82 Å². The van der Waals surface area contributed by atoms with Crippen molar-refractivity contribution in [3.05, 3.63) is 46.6 Å². The first-order valence-corrected chi connectivity index (χ1v) is 6.35. The number of rotatable bonds is 2. The Morgan fingerprint density at radius 3 is 2.25 bits per heavy atom. The summed E-state index contributed by atoms with van der Waals surface area (Å²) in [7, 11) is 0. The zero-order valence-corrected chi connectivity index (χ0v) is 12.0. The molecule has 0 saturated heterocycles. The molecule has 2 rings (SSSR count). The predicted octanol–water partition coefficient (Wildman–Crippen LogP) is 2.72. The van der Waals surface area contributed by atoms with Gasteiger partial charge in [-0.3, -0.25) is 9.59 Å². The second-order valence-corrected chi connectivity index (χ2v) is 4.82. The standard InChI is InChI=1S/C15H17N3O2/c1-9-6-5-7-10(2)14(9)15(20)16-13-8-11(3)18(17-13)12(4)19/h5-8H,1-4H3,(H,16,17,20). The molecule has 0 aliphatic rings. The summed E-state index contributed by atoms with van der Waals surface area (Å²) < 4.78 is 1.26. The fourth-order valence-electron chi connectivity index (χ4n) is 2.21. The van der Waals surface area contributed by atoms with Gasteiger partial charge in [-0.05, 0) is 31.9 Å². The van der Waals surface area contributed by atoms with Crippen LogP contribution < -0.4 is 5.32 Å². The highest BCUT2D eigenvalue weighted by Crippen LogP contribution is 2.16. The van der Waals surface area contributed by atoms with E-state index in [2.05, 4.69) is 10.4 Å². The molecular weight excluding hydrogens is 254 g/mol. The van der Waals surface area contributed by atoms with E-state index in [1.807, 2.05) is 32.0 Å². The molecule has 0 atom stereocenters.